The molecule has 2 N–H and O–H groups in total. The molecule has 74 valence electrons. The molecule has 0 saturated heterocycles. The molecule has 1 aliphatic rings. The van der Waals surface area contributed by atoms with Gasteiger partial charge in [-0.2, -0.15) is 0 Å². The highest BCUT2D eigenvalue weighted by atomic mass is 16.2. The van der Waals surface area contributed by atoms with Gasteiger partial charge in [0.25, 0.3) is 11.5 Å². The van der Waals surface area contributed by atoms with Crippen LogP contribution in [-0.2, 0) is 12.8 Å². The number of aromatic nitrogens is 1. The fourth-order valence-electron chi connectivity index (χ4n) is 1.82. The Balaban J connectivity index is 2.53. The molecule has 0 unspecified atom stereocenters. The maximum Gasteiger partial charge on any atom is 0.261 e. The van der Waals surface area contributed by atoms with Crippen LogP contribution in [0.3, 0.4) is 0 Å². The Hall–Kier alpha value is -1.58. The lowest BCUT2D eigenvalue weighted by molar-refractivity contribution is 0.0961. The largest absolute Gasteiger partial charge is 0.355 e. The third-order valence-corrected chi connectivity index (χ3v) is 2.56. The maximum atomic E-state index is 11.5. The van der Waals surface area contributed by atoms with Gasteiger partial charge in [0.15, 0.2) is 0 Å². The van der Waals surface area contributed by atoms with Crippen molar-refractivity contribution in [1.29, 1.82) is 0 Å². The Bertz CT molecular complexity index is 434. The molecule has 0 fully saturated rings. The van der Waals surface area contributed by atoms with Crippen LogP contribution in [0.25, 0.3) is 0 Å². The second-order valence-electron chi connectivity index (χ2n) is 3.45. The minimum Gasteiger partial charge on any atom is -0.355 e. The molecular weight excluding hydrogens is 180 g/mol. The van der Waals surface area contributed by atoms with E-state index in [2.05, 4.69) is 10.3 Å². The van der Waals surface area contributed by atoms with Gasteiger partial charge in [-0.25, -0.2) is 0 Å². The number of carbonyl (C=O) groups is 1. The number of carbonyl (C=O) groups excluding carboxylic acids is 1. The first-order valence-electron chi connectivity index (χ1n) is 4.69. The van der Waals surface area contributed by atoms with Crippen molar-refractivity contribution < 1.29 is 4.79 Å². The van der Waals surface area contributed by atoms with Gasteiger partial charge in [-0.15, -0.1) is 0 Å². The lowest BCUT2D eigenvalue weighted by Gasteiger charge is -2.02. The molecule has 1 heterocycles. The summed E-state index contributed by atoms with van der Waals surface area (Å²) in [4.78, 5) is 25.5. The first-order valence-corrected chi connectivity index (χ1v) is 4.69. The zero-order chi connectivity index (χ0) is 10.1. The average molecular weight is 192 g/mol. The summed E-state index contributed by atoms with van der Waals surface area (Å²) in [5, 5.41) is 2.45. The second-order valence-corrected chi connectivity index (χ2v) is 3.45. The number of amides is 1. The van der Waals surface area contributed by atoms with Crippen molar-refractivity contribution in [2.24, 2.45) is 0 Å². The molecule has 1 aliphatic carbocycles. The van der Waals surface area contributed by atoms with E-state index in [0.717, 1.165) is 30.5 Å². The first-order chi connectivity index (χ1) is 6.72. The molecule has 0 spiro atoms. The van der Waals surface area contributed by atoms with Crippen LogP contribution in [0.2, 0.25) is 0 Å². The van der Waals surface area contributed by atoms with E-state index in [1.807, 2.05) is 0 Å². The fourth-order valence-corrected chi connectivity index (χ4v) is 1.82. The van der Waals surface area contributed by atoms with E-state index in [1.165, 1.54) is 7.05 Å². The molecule has 4 heteroatoms. The zero-order valence-electron chi connectivity index (χ0n) is 8.02. The van der Waals surface area contributed by atoms with Crippen molar-refractivity contribution >= 4 is 5.91 Å². The Kier molecular flexibility index (Phi) is 2.11. The standard InChI is InChI=1S/C10H12N2O2/c1-11-9(13)7-5-6-3-2-4-8(6)12-10(7)14/h5H,2-4H2,1H3,(H,11,13)(H,12,14). The van der Waals surface area contributed by atoms with E-state index >= 15 is 0 Å². The van der Waals surface area contributed by atoms with Gasteiger partial charge < -0.3 is 10.3 Å². The Morgan fingerprint density at radius 1 is 1.50 bits per heavy atom. The summed E-state index contributed by atoms with van der Waals surface area (Å²) >= 11 is 0. The van der Waals surface area contributed by atoms with Gasteiger partial charge in [0.05, 0.1) is 0 Å². The van der Waals surface area contributed by atoms with Crippen LogP contribution in [0.5, 0.6) is 0 Å². The lowest BCUT2D eigenvalue weighted by atomic mass is 10.1. The van der Waals surface area contributed by atoms with Crippen molar-refractivity contribution in [3.8, 4) is 0 Å². The number of rotatable bonds is 1. The van der Waals surface area contributed by atoms with Crippen LogP contribution in [0.15, 0.2) is 10.9 Å². The number of hydrogen-bond donors (Lipinski definition) is 2. The number of pyridine rings is 1. The average Bonchev–Trinajstić information content (AvgIpc) is 2.62. The highest BCUT2D eigenvalue weighted by molar-refractivity contribution is 5.93. The summed E-state index contributed by atoms with van der Waals surface area (Å²) in [6.45, 7) is 0. The predicted molar refractivity (Wildman–Crippen MR) is 52.5 cm³/mol. The van der Waals surface area contributed by atoms with Crippen LogP contribution in [-0.4, -0.2) is 17.9 Å². The van der Waals surface area contributed by atoms with Crippen molar-refractivity contribution in [2.75, 3.05) is 7.05 Å². The van der Waals surface area contributed by atoms with Gasteiger partial charge in [-0.05, 0) is 30.9 Å². The van der Waals surface area contributed by atoms with Gasteiger partial charge in [-0.1, -0.05) is 0 Å². The summed E-state index contributed by atoms with van der Waals surface area (Å²) in [7, 11) is 1.52. The molecule has 2 rings (SSSR count). The fraction of sp³-hybridized carbons (Fsp3) is 0.400. The number of nitrogens with one attached hydrogen (secondary N) is 2. The lowest BCUT2D eigenvalue weighted by Crippen LogP contribution is -2.27. The van der Waals surface area contributed by atoms with Crippen molar-refractivity contribution in [3.63, 3.8) is 0 Å². The van der Waals surface area contributed by atoms with Crippen LogP contribution < -0.4 is 10.9 Å². The van der Waals surface area contributed by atoms with Crippen LogP contribution in [0, 0.1) is 0 Å². The van der Waals surface area contributed by atoms with Gasteiger partial charge >= 0.3 is 0 Å². The Morgan fingerprint density at radius 2 is 2.29 bits per heavy atom. The highest BCUT2D eigenvalue weighted by Gasteiger charge is 2.16. The van der Waals surface area contributed by atoms with E-state index in [4.69, 9.17) is 0 Å². The molecule has 4 nitrogen and oxygen atoms in total. The maximum absolute atomic E-state index is 11.5. The van der Waals surface area contributed by atoms with Crippen LogP contribution >= 0.6 is 0 Å². The molecule has 0 radical (unpaired) electrons. The number of hydrogen-bond acceptors (Lipinski definition) is 2. The van der Waals surface area contributed by atoms with E-state index in [9.17, 15) is 9.59 Å². The molecular formula is C10H12N2O2. The molecule has 1 aromatic heterocycles. The van der Waals surface area contributed by atoms with Gasteiger partial charge in [0, 0.05) is 12.7 Å². The highest BCUT2D eigenvalue weighted by Crippen LogP contribution is 2.18. The summed E-state index contributed by atoms with van der Waals surface area (Å²) in [5.74, 6) is -0.319. The summed E-state index contributed by atoms with van der Waals surface area (Å²) in [5.41, 5.74) is 2.02. The normalized spacial score (nSPS) is 13.8. The molecule has 0 bridgehead atoms. The quantitative estimate of drug-likeness (QED) is 0.668. The van der Waals surface area contributed by atoms with Gasteiger partial charge in [0.1, 0.15) is 5.56 Å². The third kappa shape index (κ3) is 1.32. The topological polar surface area (TPSA) is 62.0 Å². The van der Waals surface area contributed by atoms with Crippen molar-refractivity contribution in [1.82, 2.24) is 10.3 Å². The smallest absolute Gasteiger partial charge is 0.261 e. The first kappa shape index (κ1) is 8.99. The third-order valence-electron chi connectivity index (χ3n) is 2.56. The van der Waals surface area contributed by atoms with E-state index in [1.54, 1.807) is 6.07 Å². The minimum absolute atomic E-state index is 0.216. The molecule has 0 aromatic carbocycles. The Morgan fingerprint density at radius 3 is 3.00 bits per heavy atom. The van der Waals surface area contributed by atoms with Crippen molar-refractivity contribution in [3.05, 3.63) is 33.2 Å². The number of aromatic amines is 1. The van der Waals surface area contributed by atoms with E-state index < -0.39 is 0 Å². The van der Waals surface area contributed by atoms with Gasteiger partial charge in [0.2, 0.25) is 0 Å². The monoisotopic (exact) mass is 192 g/mol. The SMILES string of the molecule is CNC(=O)c1cc2c([nH]c1=O)CCC2. The molecule has 1 amide bonds. The molecule has 0 saturated carbocycles. The van der Waals surface area contributed by atoms with Crippen molar-refractivity contribution in [2.45, 2.75) is 19.3 Å². The zero-order valence-corrected chi connectivity index (χ0v) is 8.02. The Labute approximate surface area is 81.3 Å². The molecule has 1 aromatic rings. The van der Waals surface area contributed by atoms with E-state index in [0.29, 0.717) is 0 Å². The summed E-state index contributed by atoms with van der Waals surface area (Å²) in [6, 6.07) is 1.71. The molecule has 0 atom stereocenters. The summed E-state index contributed by atoms with van der Waals surface area (Å²) in [6.07, 6.45) is 2.93. The number of fused-ring (bicyclic) bond motifs is 1. The van der Waals surface area contributed by atoms with Crippen LogP contribution in [0.4, 0.5) is 0 Å². The number of aryl methyl sites for hydroxylation is 2. The van der Waals surface area contributed by atoms with E-state index in [-0.39, 0.29) is 17.0 Å². The molecule has 0 aliphatic heterocycles. The second kappa shape index (κ2) is 3.29. The number of H-pyrrole nitrogens is 1. The predicted octanol–water partition coefficient (Wildman–Crippen LogP) is 0.223. The minimum atomic E-state index is -0.319. The van der Waals surface area contributed by atoms with Gasteiger partial charge in [-0.3, -0.25) is 9.59 Å². The molecule has 14 heavy (non-hydrogen) atoms. The summed E-state index contributed by atoms with van der Waals surface area (Å²) < 4.78 is 0. The van der Waals surface area contributed by atoms with Crippen LogP contribution in [0.1, 0.15) is 28.0 Å².